The molecule has 0 spiro atoms. The van der Waals surface area contributed by atoms with Crippen molar-refractivity contribution >= 4 is 39.1 Å². The maximum absolute atomic E-state index is 12.7. The van der Waals surface area contributed by atoms with Gasteiger partial charge in [-0.1, -0.05) is 65.7 Å². The molecule has 0 aliphatic rings. The van der Waals surface area contributed by atoms with E-state index < -0.39 is 5.97 Å². The van der Waals surface area contributed by atoms with Gasteiger partial charge in [0, 0.05) is 10.8 Å². The maximum atomic E-state index is 12.7. The first-order chi connectivity index (χ1) is 12.1. The van der Waals surface area contributed by atoms with Gasteiger partial charge in [-0.25, -0.2) is 4.79 Å². The second-order valence-corrected chi connectivity index (χ2v) is 6.43. The van der Waals surface area contributed by atoms with Crippen molar-refractivity contribution in [2.24, 2.45) is 0 Å². The van der Waals surface area contributed by atoms with Crippen LogP contribution in [0.2, 0.25) is 5.02 Å². The lowest BCUT2D eigenvalue weighted by Gasteiger charge is -2.13. The molecular formula is C22H15ClO2. The summed E-state index contributed by atoms with van der Waals surface area (Å²) in [6, 6.07) is 22.9. The number of benzene rings is 4. The van der Waals surface area contributed by atoms with E-state index in [2.05, 4.69) is 6.07 Å². The summed E-state index contributed by atoms with van der Waals surface area (Å²) in [6.45, 7) is 1.98. The van der Waals surface area contributed by atoms with E-state index >= 15 is 0 Å². The lowest BCUT2D eigenvalue weighted by Crippen LogP contribution is -2.09. The predicted octanol–water partition coefficient (Wildman–Crippen LogP) is 6.17. The topological polar surface area (TPSA) is 26.3 Å². The molecule has 0 saturated carbocycles. The number of carbonyl (C=O) groups excluding carboxylic acids is 1. The number of aryl methyl sites for hydroxylation is 1. The average Bonchev–Trinajstić information content (AvgIpc) is 2.62. The summed E-state index contributed by atoms with van der Waals surface area (Å²) in [5, 5.41) is 4.13. The number of ether oxygens (including phenoxy) is 1. The fourth-order valence-corrected chi connectivity index (χ4v) is 3.25. The van der Waals surface area contributed by atoms with Crippen LogP contribution in [0.4, 0.5) is 0 Å². The minimum absolute atomic E-state index is 0.391. The average molecular weight is 347 g/mol. The van der Waals surface area contributed by atoms with Crippen LogP contribution in [-0.4, -0.2) is 5.97 Å². The zero-order valence-corrected chi connectivity index (χ0v) is 14.4. The molecule has 0 fully saturated rings. The zero-order valence-electron chi connectivity index (χ0n) is 13.6. The van der Waals surface area contributed by atoms with Crippen LogP contribution in [0.25, 0.3) is 21.5 Å². The third kappa shape index (κ3) is 2.86. The van der Waals surface area contributed by atoms with E-state index in [0.717, 1.165) is 27.1 Å². The Morgan fingerprint density at radius 3 is 2.40 bits per heavy atom. The van der Waals surface area contributed by atoms with Crippen molar-refractivity contribution in [1.82, 2.24) is 0 Å². The largest absolute Gasteiger partial charge is 0.422 e. The van der Waals surface area contributed by atoms with Gasteiger partial charge in [0.15, 0.2) is 0 Å². The molecule has 0 N–H and O–H groups in total. The normalized spacial score (nSPS) is 11.0. The van der Waals surface area contributed by atoms with Crippen molar-refractivity contribution in [3.8, 4) is 5.75 Å². The Hall–Kier alpha value is -2.84. The fourth-order valence-electron chi connectivity index (χ4n) is 2.98. The van der Waals surface area contributed by atoms with Crippen molar-refractivity contribution in [1.29, 1.82) is 0 Å². The predicted molar refractivity (Wildman–Crippen MR) is 103 cm³/mol. The molecule has 2 nitrogen and oxygen atoms in total. The van der Waals surface area contributed by atoms with Crippen LogP contribution in [0.1, 0.15) is 15.9 Å². The summed E-state index contributed by atoms with van der Waals surface area (Å²) in [7, 11) is 0. The second-order valence-electron chi connectivity index (χ2n) is 6.02. The molecule has 25 heavy (non-hydrogen) atoms. The van der Waals surface area contributed by atoms with Crippen LogP contribution in [0.15, 0.2) is 72.8 Å². The molecule has 0 radical (unpaired) electrons. The Labute approximate surface area is 150 Å². The smallest absolute Gasteiger partial charge is 0.343 e. The highest BCUT2D eigenvalue weighted by Crippen LogP contribution is 2.39. The number of hydrogen-bond acceptors (Lipinski definition) is 2. The second kappa shape index (κ2) is 6.23. The number of carbonyl (C=O) groups is 1. The molecule has 4 aromatic carbocycles. The first kappa shape index (κ1) is 15.7. The zero-order chi connectivity index (χ0) is 17.4. The number of fused-ring (bicyclic) bond motifs is 2. The molecule has 0 aliphatic heterocycles. The molecule has 4 rings (SSSR count). The number of esters is 1. The van der Waals surface area contributed by atoms with Crippen LogP contribution in [0.5, 0.6) is 5.75 Å². The lowest BCUT2D eigenvalue weighted by molar-refractivity contribution is 0.0739. The molecule has 0 saturated heterocycles. The molecule has 0 heterocycles. The lowest BCUT2D eigenvalue weighted by atomic mass is 10.0. The summed E-state index contributed by atoms with van der Waals surface area (Å²) >= 11 is 6.42. The summed E-state index contributed by atoms with van der Waals surface area (Å²) in [5.74, 6) is 0.113. The molecule has 4 aromatic rings. The van der Waals surface area contributed by atoms with Crippen LogP contribution < -0.4 is 4.74 Å². The standard InChI is InChI=1S/C22H15ClO2/c1-14-9-11-15(12-10-14)22(24)25-21-18-7-3-2-5-16(18)13-17-6-4-8-19(23)20(17)21/h2-13H,1H3. The van der Waals surface area contributed by atoms with Gasteiger partial charge in [0.2, 0.25) is 0 Å². The third-order valence-electron chi connectivity index (χ3n) is 4.27. The van der Waals surface area contributed by atoms with E-state index in [1.165, 1.54) is 0 Å². The van der Waals surface area contributed by atoms with Gasteiger partial charge in [0.1, 0.15) is 5.75 Å². The van der Waals surface area contributed by atoms with Gasteiger partial charge in [-0.05, 0) is 42.0 Å². The monoisotopic (exact) mass is 346 g/mol. The van der Waals surface area contributed by atoms with Gasteiger partial charge in [-0.3, -0.25) is 0 Å². The van der Waals surface area contributed by atoms with E-state index in [-0.39, 0.29) is 0 Å². The van der Waals surface area contributed by atoms with Gasteiger partial charge in [-0.2, -0.15) is 0 Å². The van der Waals surface area contributed by atoms with E-state index in [9.17, 15) is 4.79 Å². The van der Waals surface area contributed by atoms with E-state index in [1.54, 1.807) is 12.1 Å². The van der Waals surface area contributed by atoms with Gasteiger partial charge in [0.25, 0.3) is 0 Å². The Morgan fingerprint density at radius 1 is 0.880 bits per heavy atom. The minimum atomic E-state index is -0.391. The Bertz CT molecular complexity index is 1100. The highest BCUT2D eigenvalue weighted by Gasteiger charge is 2.16. The van der Waals surface area contributed by atoms with Gasteiger partial charge >= 0.3 is 5.97 Å². The Morgan fingerprint density at radius 2 is 1.60 bits per heavy atom. The van der Waals surface area contributed by atoms with Crippen LogP contribution in [0.3, 0.4) is 0 Å². The van der Waals surface area contributed by atoms with Crippen molar-refractivity contribution in [3.05, 3.63) is 88.9 Å². The van der Waals surface area contributed by atoms with Crippen molar-refractivity contribution in [2.75, 3.05) is 0 Å². The molecule has 0 bridgehead atoms. The van der Waals surface area contributed by atoms with E-state index in [0.29, 0.717) is 16.3 Å². The summed E-state index contributed by atoms with van der Waals surface area (Å²) < 4.78 is 5.82. The minimum Gasteiger partial charge on any atom is -0.422 e. The van der Waals surface area contributed by atoms with Crippen molar-refractivity contribution < 1.29 is 9.53 Å². The van der Waals surface area contributed by atoms with Gasteiger partial charge < -0.3 is 4.74 Å². The summed E-state index contributed by atoms with van der Waals surface area (Å²) in [6.07, 6.45) is 0. The maximum Gasteiger partial charge on any atom is 0.343 e. The highest BCUT2D eigenvalue weighted by atomic mass is 35.5. The van der Waals surface area contributed by atoms with Crippen LogP contribution in [-0.2, 0) is 0 Å². The molecular weight excluding hydrogens is 332 g/mol. The SMILES string of the molecule is Cc1ccc(C(=O)Oc2c3ccccc3cc3cccc(Cl)c23)cc1. The first-order valence-electron chi connectivity index (χ1n) is 8.02. The van der Waals surface area contributed by atoms with E-state index in [4.69, 9.17) is 16.3 Å². The fraction of sp³-hybridized carbons (Fsp3) is 0.0455. The van der Waals surface area contributed by atoms with E-state index in [1.807, 2.05) is 61.5 Å². The highest BCUT2D eigenvalue weighted by molar-refractivity contribution is 6.37. The Kier molecular flexibility index (Phi) is 3.90. The van der Waals surface area contributed by atoms with Crippen LogP contribution >= 0.6 is 11.6 Å². The van der Waals surface area contributed by atoms with Crippen molar-refractivity contribution in [3.63, 3.8) is 0 Å². The third-order valence-corrected chi connectivity index (χ3v) is 4.59. The first-order valence-corrected chi connectivity index (χ1v) is 8.40. The van der Waals surface area contributed by atoms with Crippen molar-refractivity contribution in [2.45, 2.75) is 6.92 Å². The molecule has 0 aliphatic carbocycles. The summed E-state index contributed by atoms with van der Waals surface area (Å²) in [5.41, 5.74) is 1.61. The van der Waals surface area contributed by atoms with Gasteiger partial charge in [-0.15, -0.1) is 0 Å². The molecule has 0 atom stereocenters. The number of halogens is 1. The molecule has 0 amide bonds. The summed E-state index contributed by atoms with van der Waals surface area (Å²) in [4.78, 5) is 12.7. The molecule has 3 heteroatoms. The molecule has 0 unspecified atom stereocenters. The Balaban J connectivity index is 1.91. The number of rotatable bonds is 2. The molecule has 0 aromatic heterocycles. The molecule has 122 valence electrons. The van der Waals surface area contributed by atoms with Gasteiger partial charge in [0.05, 0.1) is 10.6 Å². The quantitative estimate of drug-likeness (QED) is 0.246. The number of hydrogen-bond donors (Lipinski definition) is 0. The van der Waals surface area contributed by atoms with Crippen LogP contribution in [0, 0.1) is 6.92 Å².